The first kappa shape index (κ1) is 16.5. The third-order valence-corrected chi connectivity index (χ3v) is 4.25. The number of anilines is 2. The van der Waals surface area contributed by atoms with Gasteiger partial charge in [0.05, 0.1) is 12.8 Å². The lowest BCUT2D eigenvalue weighted by Crippen LogP contribution is -2.33. The Balaban J connectivity index is 1.75. The zero-order chi connectivity index (χ0) is 16.9. The van der Waals surface area contributed by atoms with Crippen molar-refractivity contribution in [2.45, 2.75) is 31.7 Å². The molecule has 3 rings (SSSR count). The number of nitrogens with zero attached hydrogens (tertiary/aromatic N) is 2. The van der Waals surface area contributed by atoms with Gasteiger partial charge in [-0.1, -0.05) is 24.4 Å². The minimum atomic E-state index is -0.176. The number of methoxy groups -OCH3 is 1. The van der Waals surface area contributed by atoms with Crippen LogP contribution in [0.5, 0.6) is 5.75 Å². The molecule has 126 valence electrons. The van der Waals surface area contributed by atoms with Crippen molar-refractivity contribution in [1.29, 1.82) is 0 Å². The molecule has 0 aliphatic heterocycles. The van der Waals surface area contributed by atoms with Crippen LogP contribution in [0.2, 0.25) is 5.02 Å². The molecular formula is C17H19ClN4O2. The fourth-order valence-electron chi connectivity index (χ4n) is 2.80. The lowest BCUT2D eigenvalue weighted by atomic mass is 10.2. The van der Waals surface area contributed by atoms with Crippen molar-refractivity contribution in [2.24, 2.45) is 0 Å². The van der Waals surface area contributed by atoms with E-state index in [0.717, 1.165) is 25.7 Å². The summed E-state index contributed by atoms with van der Waals surface area (Å²) in [5.41, 5.74) is 1.01. The molecule has 7 heteroatoms. The van der Waals surface area contributed by atoms with Crippen LogP contribution in [0.3, 0.4) is 0 Å². The predicted molar refractivity (Wildman–Crippen MR) is 93.0 cm³/mol. The van der Waals surface area contributed by atoms with E-state index in [0.29, 0.717) is 28.0 Å². The molecule has 1 aliphatic carbocycles. The van der Waals surface area contributed by atoms with Gasteiger partial charge in [-0.05, 0) is 31.0 Å². The van der Waals surface area contributed by atoms with Crippen LogP contribution in [-0.4, -0.2) is 29.0 Å². The van der Waals surface area contributed by atoms with E-state index in [9.17, 15) is 4.79 Å². The Morgan fingerprint density at radius 3 is 2.79 bits per heavy atom. The molecule has 2 aromatic rings. The number of carbonyl (C=O) groups is 1. The van der Waals surface area contributed by atoms with Gasteiger partial charge in [-0.2, -0.15) is 0 Å². The Morgan fingerprint density at radius 2 is 2.04 bits per heavy atom. The van der Waals surface area contributed by atoms with Gasteiger partial charge in [0.1, 0.15) is 23.6 Å². The highest BCUT2D eigenvalue weighted by molar-refractivity contribution is 6.31. The van der Waals surface area contributed by atoms with Crippen LogP contribution in [-0.2, 0) is 0 Å². The van der Waals surface area contributed by atoms with Gasteiger partial charge in [-0.15, -0.1) is 0 Å². The molecule has 1 saturated carbocycles. The number of aromatic nitrogens is 2. The van der Waals surface area contributed by atoms with E-state index in [2.05, 4.69) is 20.6 Å². The lowest BCUT2D eigenvalue weighted by molar-refractivity contribution is 0.0932. The van der Waals surface area contributed by atoms with Gasteiger partial charge in [0.25, 0.3) is 5.91 Å². The monoisotopic (exact) mass is 346 g/mol. The van der Waals surface area contributed by atoms with Gasteiger partial charge >= 0.3 is 0 Å². The zero-order valence-electron chi connectivity index (χ0n) is 13.4. The minimum absolute atomic E-state index is 0.176. The maximum Gasteiger partial charge on any atom is 0.270 e. The highest BCUT2D eigenvalue weighted by atomic mass is 35.5. The number of carbonyl (C=O) groups excluding carboxylic acids is 1. The number of benzene rings is 1. The highest BCUT2D eigenvalue weighted by Crippen LogP contribution is 2.30. The smallest absolute Gasteiger partial charge is 0.270 e. The molecule has 0 atom stereocenters. The molecule has 1 fully saturated rings. The van der Waals surface area contributed by atoms with Crippen molar-refractivity contribution in [3.05, 3.63) is 41.3 Å². The summed E-state index contributed by atoms with van der Waals surface area (Å²) in [4.78, 5) is 20.5. The summed E-state index contributed by atoms with van der Waals surface area (Å²) in [6, 6.07) is 7.11. The quantitative estimate of drug-likeness (QED) is 0.865. The summed E-state index contributed by atoms with van der Waals surface area (Å²) in [6.45, 7) is 0. The molecule has 0 saturated heterocycles. The Hall–Kier alpha value is -2.34. The third-order valence-electron chi connectivity index (χ3n) is 4.01. The summed E-state index contributed by atoms with van der Waals surface area (Å²) in [5.74, 6) is 0.961. The number of amides is 1. The molecule has 0 spiro atoms. The van der Waals surface area contributed by atoms with Crippen molar-refractivity contribution in [3.63, 3.8) is 0 Å². The van der Waals surface area contributed by atoms with Gasteiger partial charge in [0.15, 0.2) is 0 Å². The second-order valence-corrected chi connectivity index (χ2v) is 6.15. The average molecular weight is 347 g/mol. The predicted octanol–water partition coefficient (Wildman–Crippen LogP) is 3.55. The maximum absolute atomic E-state index is 12.3. The average Bonchev–Trinajstić information content (AvgIpc) is 3.08. The molecule has 1 amide bonds. The lowest BCUT2D eigenvalue weighted by Gasteiger charge is -2.13. The molecule has 6 nitrogen and oxygen atoms in total. The summed E-state index contributed by atoms with van der Waals surface area (Å²) in [7, 11) is 1.58. The Labute approximate surface area is 145 Å². The molecule has 1 aliphatic rings. The van der Waals surface area contributed by atoms with Gasteiger partial charge in [-0.25, -0.2) is 9.97 Å². The van der Waals surface area contributed by atoms with Crippen molar-refractivity contribution in [3.8, 4) is 5.75 Å². The van der Waals surface area contributed by atoms with Crippen LogP contribution in [0.25, 0.3) is 0 Å². The molecule has 0 unspecified atom stereocenters. The van der Waals surface area contributed by atoms with E-state index < -0.39 is 0 Å². The topological polar surface area (TPSA) is 76.1 Å². The zero-order valence-corrected chi connectivity index (χ0v) is 14.1. The van der Waals surface area contributed by atoms with Crippen molar-refractivity contribution in [1.82, 2.24) is 15.3 Å². The number of rotatable bonds is 5. The maximum atomic E-state index is 12.3. The standard InChI is InChI=1S/C17H19ClN4O2/c1-24-15-7-6-11(18)8-13(15)22-16-9-14(19-10-20-16)17(23)21-12-4-2-3-5-12/h6-10,12H,2-5H2,1H3,(H,21,23)(H,19,20,22). The molecule has 24 heavy (non-hydrogen) atoms. The van der Waals surface area contributed by atoms with Crippen molar-refractivity contribution >= 4 is 29.0 Å². The SMILES string of the molecule is COc1ccc(Cl)cc1Nc1cc(C(=O)NC2CCCC2)ncn1. The first-order valence-corrected chi connectivity index (χ1v) is 8.27. The van der Waals surface area contributed by atoms with Crippen molar-refractivity contribution in [2.75, 3.05) is 12.4 Å². The second kappa shape index (κ2) is 7.49. The van der Waals surface area contributed by atoms with E-state index in [1.54, 1.807) is 31.4 Å². The van der Waals surface area contributed by atoms with Gasteiger partial charge in [0.2, 0.25) is 0 Å². The van der Waals surface area contributed by atoms with Gasteiger partial charge < -0.3 is 15.4 Å². The number of halogens is 1. The first-order chi connectivity index (χ1) is 11.7. The van der Waals surface area contributed by atoms with Crippen LogP contribution in [0.1, 0.15) is 36.2 Å². The van der Waals surface area contributed by atoms with E-state index in [-0.39, 0.29) is 11.9 Å². The normalized spacial score (nSPS) is 14.4. The van der Waals surface area contributed by atoms with Gasteiger partial charge in [-0.3, -0.25) is 4.79 Å². The molecule has 1 aromatic carbocycles. The first-order valence-electron chi connectivity index (χ1n) is 7.89. The molecular weight excluding hydrogens is 328 g/mol. The minimum Gasteiger partial charge on any atom is -0.495 e. The summed E-state index contributed by atoms with van der Waals surface area (Å²) >= 11 is 6.02. The Kier molecular flexibility index (Phi) is 5.15. The van der Waals surface area contributed by atoms with Crippen LogP contribution >= 0.6 is 11.6 Å². The fraction of sp³-hybridized carbons (Fsp3) is 0.353. The van der Waals surface area contributed by atoms with Crippen LogP contribution in [0, 0.1) is 0 Å². The number of nitrogens with one attached hydrogen (secondary N) is 2. The second-order valence-electron chi connectivity index (χ2n) is 5.71. The highest BCUT2D eigenvalue weighted by Gasteiger charge is 2.19. The third kappa shape index (κ3) is 3.94. The molecule has 1 aromatic heterocycles. The summed E-state index contributed by atoms with van der Waals surface area (Å²) in [6.07, 6.45) is 5.75. The van der Waals surface area contributed by atoms with Crippen molar-refractivity contribution < 1.29 is 9.53 Å². The van der Waals surface area contributed by atoms with E-state index >= 15 is 0 Å². The van der Waals surface area contributed by atoms with Crippen LogP contribution in [0.15, 0.2) is 30.6 Å². The number of ether oxygens (including phenoxy) is 1. The van der Waals surface area contributed by atoms with Crippen LogP contribution in [0.4, 0.5) is 11.5 Å². The van der Waals surface area contributed by atoms with Gasteiger partial charge in [0, 0.05) is 17.1 Å². The van der Waals surface area contributed by atoms with E-state index in [1.165, 1.54) is 6.33 Å². The fourth-order valence-corrected chi connectivity index (χ4v) is 2.97. The van der Waals surface area contributed by atoms with Crippen LogP contribution < -0.4 is 15.4 Å². The largest absolute Gasteiger partial charge is 0.495 e. The van der Waals surface area contributed by atoms with E-state index in [4.69, 9.17) is 16.3 Å². The van der Waals surface area contributed by atoms with E-state index in [1.807, 2.05) is 0 Å². The number of hydrogen-bond donors (Lipinski definition) is 2. The molecule has 2 N–H and O–H groups in total. The molecule has 0 radical (unpaired) electrons. The summed E-state index contributed by atoms with van der Waals surface area (Å²) in [5, 5.41) is 6.70. The number of hydrogen-bond acceptors (Lipinski definition) is 5. The Bertz CT molecular complexity index is 732. The Morgan fingerprint density at radius 1 is 1.25 bits per heavy atom. The summed E-state index contributed by atoms with van der Waals surface area (Å²) < 4.78 is 5.30. The molecule has 1 heterocycles. The molecule has 0 bridgehead atoms.